The SMILES string of the molecule is CC(NCc1coc2cc(Oc3nc4ncccc4s3)ccc12)c1cccnc1. The second-order valence-electron chi connectivity index (χ2n) is 6.71. The summed E-state index contributed by atoms with van der Waals surface area (Å²) in [5.41, 5.74) is 3.74. The molecule has 0 spiro atoms. The number of hydrogen-bond donors (Lipinski definition) is 1. The van der Waals surface area contributed by atoms with Crippen molar-refractivity contribution in [1.82, 2.24) is 20.3 Å². The number of benzene rings is 1. The second kappa shape index (κ2) is 7.62. The maximum absolute atomic E-state index is 5.92. The Morgan fingerprint density at radius 2 is 2.10 bits per heavy atom. The maximum atomic E-state index is 5.92. The van der Waals surface area contributed by atoms with Crippen LogP contribution in [0.4, 0.5) is 0 Å². The van der Waals surface area contributed by atoms with Gasteiger partial charge in [-0.2, -0.15) is 4.98 Å². The molecule has 1 aromatic carbocycles. The lowest BCUT2D eigenvalue weighted by Crippen LogP contribution is -2.17. The van der Waals surface area contributed by atoms with E-state index in [4.69, 9.17) is 9.15 Å². The van der Waals surface area contributed by atoms with Crippen LogP contribution in [0.1, 0.15) is 24.1 Å². The molecule has 144 valence electrons. The van der Waals surface area contributed by atoms with Crippen molar-refractivity contribution in [3.8, 4) is 10.9 Å². The molecule has 0 saturated carbocycles. The van der Waals surface area contributed by atoms with Gasteiger partial charge in [-0.05, 0) is 42.8 Å². The molecular weight excluding hydrogens is 384 g/mol. The molecule has 1 unspecified atom stereocenters. The zero-order chi connectivity index (χ0) is 19.6. The number of aromatic nitrogens is 3. The summed E-state index contributed by atoms with van der Waals surface area (Å²) in [4.78, 5) is 12.8. The van der Waals surface area contributed by atoms with Gasteiger partial charge >= 0.3 is 0 Å². The Labute approximate surface area is 171 Å². The molecular formula is C22H18N4O2S. The van der Waals surface area contributed by atoms with Crippen molar-refractivity contribution in [3.63, 3.8) is 0 Å². The van der Waals surface area contributed by atoms with Gasteiger partial charge in [0.15, 0.2) is 5.65 Å². The first-order valence-corrected chi connectivity index (χ1v) is 10.1. The van der Waals surface area contributed by atoms with Gasteiger partial charge in [0.25, 0.3) is 5.19 Å². The largest absolute Gasteiger partial charge is 0.464 e. The zero-order valence-electron chi connectivity index (χ0n) is 15.7. The van der Waals surface area contributed by atoms with E-state index in [0.717, 1.165) is 26.8 Å². The highest BCUT2D eigenvalue weighted by molar-refractivity contribution is 7.20. The van der Waals surface area contributed by atoms with Gasteiger partial charge in [0, 0.05) is 48.2 Å². The van der Waals surface area contributed by atoms with Crippen molar-refractivity contribution in [1.29, 1.82) is 0 Å². The van der Waals surface area contributed by atoms with Crippen LogP contribution >= 0.6 is 11.3 Å². The van der Waals surface area contributed by atoms with E-state index in [0.29, 0.717) is 23.1 Å². The molecule has 0 aliphatic rings. The molecule has 6 nitrogen and oxygen atoms in total. The van der Waals surface area contributed by atoms with Crippen LogP contribution in [0.5, 0.6) is 10.9 Å². The van der Waals surface area contributed by atoms with Gasteiger partial charge < -0.3 is 14.5 Å². The monoisotopic (exact) mass is 402 g/mol. The first kappa shape index (κ1) is 17.8. The van der Waals surface area contributed by atoms with Crippen molar-refractivity contribution in [2.24, 2.45) is 0 Å². The summed E-state index contributed by atoms with van der Waals surface area (Å²) in [5.74, 6) is 0.689. The van der Waals surface area contributed by atoms with Gasteiger partial charge in [-0.3, -0.25) is 4.98 Å². The number of nitrogens with zero attached hydrogens (tertiary/aromatic N) is 3. The molecule has 0 aliphatic heterocycles. The van der Waals surface area contributed by atoms with Gasteiger partial charge in [-0.1, -0.05) is 17.4 Å². The van der Waals surface area contributed by atoms with E-state index in [-0.39, 0.29) is 6.04 Å². The lowest BCUT2D eigenvalue weighted by atomic mass is 10.1. The van der Waals surface area contributed by atoms with Crippen molar-refractivity contribution >= 4 is 32.7 Å². The van der Waals surface area contributed by atoms with E-state index < -0.39 is 0 Å². The topological polar surface area (TPSA) is 73.1 Å². The van der Waals surface area contributed by atoms with Crippen LogP contribution in [0, 0.1) is 0 Å². The van der Waals surface area contributed by atoms with Crippen molar-refractivity contribution in [2.75, 3.05) is 0 Å². The molecule has 1 N–H and O–H groups in total. The van der Waals surface area contributed by atoms with Crippen LogP contribution in [0.25, 0.3) is 21.3 Å². The third-order valence-corrected chi connectivity index (χ3v) is 5.65. The number of ether oxygens (including phenoxy) is 1. The predicted octanol–water partition coefficient (Wildman–Crippen LogP) is 5.48. The van der Waals surface area contributed by atoms with E-state index in [2.05, 4.69) is 33.3 Å². The standard InChI is InChI=1S/C22H18N4O2S/c1-14(15-4-2-8-23-11-15)25-12-16-13-27-19-10-17(6-7-18(16)19)28-22-26-21-20(29-22)5-3-9-24-21/h2-11,13-14,25H,12H2,1H3. The van der Waals surface area contributed by atoms with Gasteiger partial charge in [-0.15, -0.1) is 0 Å². The molecule has 0 aliphatic carbocycles. The van der Waals surface area contributed by atoms with Crippen molar-refractivity contribution < 1.29 is 9.15 Å². The molecule has 0 radical (unpaired) electrons. The normalized spacial score (nSPS) is 12.4. The molecule has 0 amide bonds. The average Bonchev–Trinajstić information content (AvgIpc) is 3.35. The highest BCUT2D eigenvalue weighted by Gasteiger charge is 2.12. The van der Waals surface area contributed by atoms with Crippen LogP contribution in [-0.2, 0) is 6.54 Å². The number of fused-ring (bicyclic) bond motifs is 2. The van der Waals surface area contributed by atoms with Gasteiger partial charge in [0.1, 0.15) is 11.3 Å². The number of thiazole rings is 1. The molecule has 5 aromatic rings. The third kappa shape index (κ3) is 3.70. The molecule has 0 saturated heterocycles. The summed E-state index contributed by atoms with van der Waals surface area (Å²) in [6.45, 7) is 2.82. The van der Waals surface area contributed by atoms with Crippen molar-refractivity contribution in [2.45, 2.75) is 19.5 Å². The Bertz CT molecular complexity index is 1230. The molecule has 1 atom stereocenters. The number of nitrogens with one attached hydrogen (secondary N) is 1. The second-order valence-corrected chi connectivity index (χ2v) is 7.71. The van der Waals surface area contributed by atoms with E-state index in [1.54, 1.807) is 18.7 Å². The van der Waals surface area contributed by atoms with Crippen LogP contribution in [0.2, 0.25) is 0 Å². The van der Waals surface area contributed by atoms with Crippen LogP contribution in [0.3, 0.4) is 0 Å². The predicted molar refractivity (Wildman–Crippen MR) is 113 cm³/mol. The third-order valence-electron chi connectivity index (χ3n) is 4.76. The molecule has 0 fully saturated rings. The number of hydrogen-bond acceptors (Lipinski definition) is 7. The van der Waals surface area contributed by atoms with E-state index in [9.17, 15) is 0 Å². The van der Waals surface area contributed by atoms with Gasteiger partial charge in [0.05, 0.1) is 11.0 Å². The van der Waals surface area contributed by atoms with E-state index >= 15 is 0 Å². The molecule has 4 aromatic heterocycles. The Morgan fingerprint density at radius 3 is 2.97 bits per heavy atom. The fraction of sp³-hybridized carbons (Fsp3) is 0.136. The van der Waals surface area contributed by atoms with Crippen LogP contribution in [-0.4, -0.2) is 15.0 Å². The minimum absolute atomic E-state index is 0.198. The summed E-state index contributed by atoms with van der Waals surface area (Å²) in [7, 11) is 0. The summed E-state index contributed by atoms with van der Waals surface area (Å²) in [5, 5.41) is 5.15. The zero-order valence-corrected chi connectivity index (χ0v) is 16.5. The summed E-state index contributed by atoms with van der Waals surface area (Å²) in [6.07, 6.45) is 7.18. The highest BCUT2D eigenvalue weighted by atomic mass is 32.1. The first-order chi connectivity index (χ1) is 14.3. The van der Waals surface area contributed by atoms with Crippen LogP contribution in [0.15, 0.2) is 71.7 Å². The summed E-state index contributed by atoms with van der Waals surface area (Å²) < 4.78 is 12.7. The molecule has 5 rings (SSSR count). The Hall–Kier alpha value is -3.29. The average molecular weight is 402 g/mol. The minimum atomic E-state index is 0.198. The fourth-order valence-corrected chi connectivity index (χ4v) is 3.96. The molecule has 4 heterocycles. The lowest BCUT2D eigenvalue weighted by Gasteiger charge is -2.13. The van der Waals surface area contributed by atoms with Crippen molar-refractivity contribution in [3.05, 3.63) is 78.4 Å². The Morgan fingerprint density at radius 1 is 1.17 bits per heavy atom. The Kier molecular flexibility index (Phi) is 4.67. The van der Waals surface area contributed by atoms with E-state index in [1.807, 2.05) is 42.6 Å². The maximum Gasteiger partial charge on any atom is 0.281 e. The summed E-state index contributed by atoms with van der Waals surface area (Å²) >= 11 is 1.47. The smallest absolute Gasteiger partial charge is 0.281 e. The molecule has 0 bridgehead atoms. The van der Waals surface area contributed by atoms with E-state index in [1.165, 1.54) is 11.3 Å². The van der Waals surface area contributed by atoms with Crippen LogP contribution < -0.4 is 10.1 Å². The Balaban J connectivity index is 1.31. The quantitative estimate of drug-likeness (QED) is 0.406. The minimum Gasteiger partial charge on any atom is -0.464 e. The fourth-order valence-electron chi connectivity index (χ4n) is 3.17. The number of pyridine rings is 2. The lowest BCUT2D eigenvalue weighted by molar-refractivity contribution is 0.479. The highest BCUT2D eigenvalue weighted by Crippen LogP contribution is 2.32. The number of rotatable bonds is 6. The number of furan rings is 1. The van der Waals surface area contributed by atoms with Gasteiger partial charge in [0.2, 0.25) is 0 Å². The summed E-state index contributed by atoms with van der Waals surface area (Å²) in [6, 6.07) is 13.9. The molecule has 7 heteroatoms. The molecule has 29 heavy (non-hydrogen) atoms. The first-order valence-electron chi connectivity index (χ1n) is 9.29. The van der Waals surface area contributed by atoms with Gasteiger partial charge in [-0.25, -0.2) is 4.98 Å².